The second-order valence-electron chi connectivity index (χ2n) is 8.20. The van der Waals surface area contributed by atoms with Crippen LogP contribution in [0.3, 0.4) is 0 Å². The Balaban J connectivity index is 1.32. The number of fused-ring (bicyclic) bond motifs is 1. The maximum atomic E-state index is 13.4. The Morgan fingerprint density at radius 2 is 1.78 bits per heavy atom. The molecule has 4 aliphatic rings. The van der Waals surface area contributed by atoms with Crippen LogP contribution in [0.5, 0.6) is 0 Å². The molecule has 4 fully saturated rings. The maximum Gasteiger partial charge on any atom is 0.256 e. The highest BCUT2D eigenvalue weighted by molar-refractivity contribution is 6.00. The Hall–Kier alpha value is -1.63. The summed E-state index contributed by atoms with van der Waals surface area (Å²) in [5, 5.41) is 0. The summed E-state index contributed by atoms with van der Waals surface area (Å²) < 4.78 is 11.4. The smallest absolute Gasteiger partial charge is 0.256 e. The number of para-hydroxylation sites is 1. The second-order valence-corrected chi connectivity index (χ2v) is 8.20. The van der Waals surface area contributed by atoms with Crippen molar-refractivity contribution in [2.75, 3.05) is 64.1 Å². The first-order valence-corrected chi connectivity index (χ1v) is 10.4. The minimum Gasteiger partial charge on any atom is -0.378 e. The van der Waals surface area contributed by atoms with Crippen molar-refractivity contribution in [1.29, 1.82) is 0 Å². The molecule has 0 unspecified atom stereocenters. The lowest BCUT2D eigenvalue weighted by Crippen LogP contribution is -2.63. The number of hydrogen-bond acceptors (Lipinski definition) is 5. The molecule has 3 saturated heterocycles. The zero-order valence-corrected chi connectivity index (χ0v) is 15.9. The number of benzene rings is 1. The molecular weight excluding hydrogens is 342 g/mol. The molecule has 6 nitrogen and oxygen atoms in total. The number of carbonyl (C=O) groups excluding carboxylic acids is 1. The Kier molecular flexibility index (Phi) is 4.80. The summed E-state index contributed by atoms with van der Waals surface area (Å²) in [6.07, 6.45) is 2.68. The molecule has 1 aliphatic carbocycles. The van der Waals surface area contributed by atoms with Crippen LogP contribution >= 0.6 is 0 Å². The molecule has 0 bridgehead atoms. The number of morpholine rings is 2. The monoisotopic (exact) mass is 371 g/mol. The highest BCUT2D eigenvalue weighted by Gasteiger charge is 2.43. The summed E-state index contributed by atoms with van der Waals surface area (Å²) in [4.78, 5) is 20.3. The number of ether oxygens (including phenoxy) is 2. The maximum absolute atomic E-state index is 13.4. The minimum absolute atomic E-state index is 0.158. The number of amides is 1. The van der Waals surface area contributed by atoms with Crippen LogP contribution in [0.15, 0.2) is 24.3 Å². The molecule has 3 aliphatic heterocycles. The first-order chi connectivity index (χ1) is 13.3. The molecular formula is C21H29N3O3. The molecule has 0 N–H and O–H groups in total. The van der Waals surface area contributed by atoms with Crippen molar-refractivity contribution in [3.05, 3.63) is 29.8 Å². The van der Waals surface area contributed by atoms with Crippen molar-refractivity contribution in [3.8, 4) is 0 Å². The van der Waals surface area contributed by atoms with Crippen LogP contribution in [0, 0.1) is 5.92 Å². The molecule has 5 rings (SSSR count). The SMILES string of the molecule is O=C(c1ccccc1N1CCOCC1)N1CCN2[C@@H](COC[C@@H]2C2CC2)C1. The lowest BCUT2D eigenvalue weighted by molar-refractivity contribution is -0.0816. The third kappa shape index (κ3) is 3.46. The molecule has 146 valence electrons. The highest BCUT2D eigenvalue weighted by Crippen LogP contribution is 2.38. The van der Waals surface area contributed by atoms with Gasteiger partial charge in [-0.1, -0.05) is 12.1 Å². The van der Waals surface area contributed by atoms with Crippen molar-refractivity contribution in [2.45, 2.75) is 24.9 Å². The van der Waals surface area contributed by atoms with Crippen LogP contribution in [0.4, 0.5) is 5.69 Å². The molecule has 1 amide bonds. The number of nitrogens with zero attached hydrogens (tertiary/aromatic N) is 3. The Labute approximate surface area is 161 Å². The van der Waals surface area contributed by atoms with E-state index in [0.717, 1.165) is 76.3 Å². The van der Waals surface area contributed by atoms with E-state index in [1.165, 1.54) is 12.8 Å². The van der Waals surface area contributed by atoms with Crippen LogP contribution < -0.4 is 4.90 Å². The van der Waals surface area contributed by atoms with Crippen LogP contribution in [0.2, 0.25) is 0 Å². The number of piperazine rings is 1. The summed E-state index contributed by atoms with van der Waals surface area (Å²) in [6, 6.07) is 8.96. The van der Waals surface area contributed by atoms with Gasteiger partial charge in [-0.3, -0.25) is 9.69 Å². The standard InChI is InChI=1S/C21H29N3O3/c25-21(18-3-1-2-4-19(18)22-9-11-26-12-10-22)23-7-8-24-17(13-23)14-27-15-20(24)16-5-6-16/h1-4,16-17,20H,5-15H2/t17-,20-/m1/s1. The average Bonchev–Trinajstić information content (AvgIpc) is 3.58. The normalized spacial score (nSPS) is 29.5. The van der Waals surface area contributed by atoms with Crippen molar-refractivity contribution in [3.63, 3.8) is 0 Å². The predicted octanol–water partition coefficient (Wildman–Crippen LogP) is 1.46. The van der Waals surface area contributed by atoms with E-state index in [2.05, 4.69) is 15.9 Å². The fourth-order valence-corrected chi connectivity index (χ4v) is 4.85. The van der Waals surface area contributed by atoms with Crippen molar-refractivity contribution in [2.24, 2.45) is 5.92 Å². The summed E-state index contributed by atoms with van der Waals surface area (Å²) in [5.74, 6) is 0.974. The van der Waals surface area contributed by atoms with Crippen molar-refractivity contribution < 1.29 is 14.3 Å². The quantitative estimate of drug-likeness (QED) is 0.805. The molecule has 0 aromatic heterocycles. The van der Waals surface area contributed by atoms with Crippen LogP contribution in [0.25, 0.3) is 0 Å². The highest BCUT2D eigenvalue weighted by atomic mass is 16.5. The lowest BCUT2D eigenvalue weighted by atomic mass is 10.0. The zero-order valence-electron chi connectivity index (χ0n) is 15.9. The molecule has 1 aromatic rings. The van der Waals surface area contributed by atoms with E-state index in [9.17, 15) is 4.79 Å². The Morgan fingerprint density at radius 1 is 0.963 bits per heavy atom. The van der Waals surface area contributed by atoms with Crippen LogP contribution in [0.1, 0.15) is 23.2 Å². The van der Waals surface area contributed by atoms with Gasteiger partial charge in [0.05, 0.1) is 38.0 Å². The molecule has 2 atom stereocenters. The van der Waals surface area contributed by atoms with Gasteiger partial charge >= 0.3 is 0 Å². The number of hydrogen-bond donors (Lipinski definition) is 0. The Morgan fingerprint density at radius 3 is 2.59 bits per heavy atom. The molecule has 0 spiro atoms. The molecule has 0 radical (unpaired) electrons. The second kappa shape index (κ2) is 7.41. The van der Waals surface area contributed by atoms with Gasteiger partial charge in [-0.05, 0) is 30.9 Å². The molecule has 1 saturated carbocycles. The van der Waals surface area contributed by atoms with E-state index in [0.29, 0.717) is 12.1 Å². The fraction of sp³-hybridized carbons (Fsp3) is 0.667. The lowest BCUT2D eigenvalue weighted by Gasteiger charge is -2.48. The minimum atomic E-state index is 0.158. The average molecular weight is 371 g/mol. The van der Waals surface area contributed by atoms with Gasteiger partial charge in [-0.25, -0.2) is 0 Å². The van der Waals surface area contributed by atoms with E-state index in [1.807, 2.05) is 23.1 Å². The van der Waals surface area contributed by atoms with Gasteiger partial charge in [-0.2, -0.15) is 0 Å². The molecule has 1 aromatic carbocycles. The van der Waals surface area contributed by atoms with Crippen LogP contribution in [-0.2, 0) is 9.47 Å². The fourth-order valence-electron chi connectivity index (χ4n) is 4.85. The largest absolute Gasteiger partial charge is 0.378 e. The van der Waals surface area contributed by atoms with E-state index in [1.54, 1.807) is 0 Å². The Bertz CT molecular complexity index is 687. The first kappa shape index (κ1) is 17.5. The summed E-state index contributed by atoms with van der Waals surface area (Å²) in [6.45, 7) is 7.32. The van der Waals surface area contributed by atoms with Gasteiger partial charge < -0.3 is 19.3 Å². The molecule has 3 heterocycles. The number of carbonyl (C=O) groups is 1. The van der Waals surface area contributed by atoms with E-state index in [-0.39, 0.29) is 5.91 Å². The third-order valence-electron chi connectivity index (χ3n) is 6.49. The molecule has 27 heavy (non-hydrogen) atoms. The van der Waals surface area contributed by atoms with Gasteiger partial charge in [0.1, 0.15) is 0 Å². The summed E-state index contributed by atoms with van der Waals surface area (Å²) in [5.41, 5.74) is 1.87. The topological polar surface area (TPSA) is 45.2 Å². The van der Waals surface area contributed by atoms with Gasteiger partial charge in [0.15, 0.2) is 0 Å². The zero-order chi connectivity index (χ0) is 18.2. The summed E-state index contributed by atoms with van der Waals surface area (Å²) in [7, 11) is 0. The summed E-state index contributed by atoms with van der Waals surface area (Å²) >= 11 is 0. The third-order valence-corrected chi connectivity index (χ3v) is 6.49. The van der Waals surface area contributed by atoms with Crippen molar-refractivity contribution >= 4 is 11.6 Å². The van der Waals surface area contributed by atoms with E-state index < -0.39 is 0 Å². The van der Waals surface area contributed by atoms with E-state index in [4.69, 9.17) is 9.47 Å². The van der Waals surface area contributed by atoms with Gasteiger partial charge in [0.25, 0.3) is 5.91 Å². The predicted molar refractivity (Wildman–Crippen MR) is 103 cm³/mol. The number of anilines is 1. The molecule has 6 heteroatoms. The van der Waals surface area contributed by atoms with Gasteiger partial charge in [0, 0.05) is 44.5 Å². The van der Waals surface area contributed by atoms with E-state index >= 15 is 0 Å². The van der Waals surface area contributed by atoms with Crippen LogP contribution in [-0.4, -0.2) is 86.9 Å². The van der Waals surface area contributed by atoms with Gasteiger partial charge in [-0.15, -0.1) is 0 Å². The van der Waals surface area contributed by atoms with Gasteiger partial charge in [0.2, 0.25) is 0 Å². The first-order valence-electron chi connectivity index (χ1n) is 10.4. The number of rotatable bonds is 3. The van der Waals surface area contributed by atoms with Crippen molar-refractivity contribution in [1.82, 2.24) is 9.80 Å².